The molecule has 0 N–H and O–H groups in total. The Morgan fingerprint density at radius 1 is 1.43 bits per heavy atom. The maximum atomic E-state index is 2.15. The quantitative estimate of drug-likeness (QED) is 0.582. The number of hydrogen-bond acceptors (Lipinski definition) is 2. The first-order valence-electron chi connectivity index (χ1n) is 2.21. The van der Waals surface area contributed by atoms with Crippen LogP contribution in [0, 0.1) is 0 Å². The Balaban J connectivity index is 2.78. The highest BCUT2D eigenvalue weighted by molar-refractivity contribution is 8.05. The molecule has 0 aromatic carbocycles. The Hall–Kier alpha value is 0.440. The summed E-state index contributed by atoms with van der Waals surface area (Å²) in [6.45, 7) is 2.15. The van der Waals surface area contributed by atoms with Crippen molar-refractivity contribution in [3.8, 4) is 0 Å². The van der Waals surface area contributed by atoms with Crippen LogP contribution >= 0.6 is 23.5 Å². The molecule has 0 aromatic heterocycles. The van der Waals surface area contributed by atoms with Crippen molar-refractivity contribution in [1.82, 2.24) is 0 Å². The lowest BCUT2D eigenvalue weighted by atomic mass is 11.0. The summed E-state index contributed by atoms with van der Waals surface area (Å²) in [4.78, 5) is 0. The highest BCUT2D eigenvalue weighted by Gasteiger charge is 1.67. The molecule has 0 radical (unpaired) electrons. The molecule has 0 aliphatic rings. The van der Waals surface area contributed by atoms with Crippen molar-refractivity contribution < 1.29 is 0 Å². The van der Waals surface area contributed by atoms with E-state index in [4.69, 9.17) is 0 Å². The van der Waals surface area contributed by atoms with E-state index in [0.29, 0.717) is 0 Å². The average Bonchev–Trinajstić information content (AvgIpc) is 1.69. The van der Waals surface area contributed by atoms with Crippen LogP contribution < -0.4 is 0 Å². The number of hydrogen-bond donors (Lipinski definition) is 0. The number of thioether (sulfide) groups is 2. The van der Waals surface area contributed by atoms with Crippen molar-refractivity contribution in [2.24, 2.45) is 0 Å². The predicted molar refractivity (Wildman–Crippen MR) is 40.8 cm³/mol. The van der Waals surface area contributed by atoms with Crippen molar-refractivity contribution in [1.29, 1.82) is 0 Å². The summed E-state index contributed by atoms with van der Waals surface area (Å²) in [5, 5.41) is 4.21. The number of rotatable bonds is 3. The smallest absolute Gasteiger partial charge is 0.00543 e. The third-order valence-electron chi connectivity index (χ3n) is 0.455. The van der Waals surface area contributed by atoms with Crippen LogP contribution in [-0.2, 0) is 0 Å². The first-order valence-corrected chi connectivity index (χ1v) is 4.55. The summed E-state index contributed by atoms with van der Waals surface area (Å²) >= 11 is 3.57. The van der Waals surface area contributed by atoms with Crippen LogP contribution in [0.15, 0.2) is 10.8 Å². The molecular formula is C5H10S2. The molecule has 0 unspecified atom stereocenters. The van der Waals surface area contributed by atoms with Gasteiger partial charge in [0.05, 0.1) is 0 Å². The second-order valence-electron chi connectivity index (χ2n) is 0.963. The zero-order chi connectivity index (χ0) is 5.54. The van der Waals surface area contributed by atoms with Gasteiger partial charge in [-0.15, -0.1) is 23.5 Å². The molecule has 0 rings (SSSR count). The fourth-order valence-electron chi connectivity index (χ4n) is 0.191. The van der Waals surface area contributed by atoms with Gasteiger partial charge in [0.15, 0.2) is 0 Å². The Bertz CT molecular complexity index is 50.0. The molecule has 0 aromatic rings. The van der Waals surface area contributed by atoms with Crippen LogP contribution in [0.2, 0.25) is 0 Å². The van der Waals surface area contributed by atoms with E-state index >= 15 is 0 Å². The SMILES string of the molecule is CCS/C=C\SC. The van der Waals surface area contributed by atoms with Gasteiger partial charge < -0.3 is 0 Å². The summed E-state index contributed by atoms with van der Waals surface area (Å²) in [6, 6.07) is 0. The van der Waals surface area contributed by atoms with Gasteiger partial charge in [0.25, 0.3) is 0 Å². The van der Waals surface area contributed by atoms with Gasteiger partial charge in [0, 0.05) is 0 Å². The lowest BCUT2D eigenvalue weighted by Crippen LogP contribution is -1.54. The second-order valence-corrected chi connectivity index (χ2v) is 2.89. The minimum atomic E-state index is 1.18. The molecule has 0 atom stereocenters. The van der Waals surface area contributed by atoms with E-state index in [1.54, 1.807) is 11.8 Å². The molecule has 0 saturated carbocycles. The molecule has 0 spiro atoms. The van der Waals surface area contributed by atoms with Gasteiger partial charge in [-0.2, -0.15) is 0 Å². The molecule has 7 heavy (non-hydrogen) atoms. The van der Waals surface area contributed by atoms with E-state index in [9.17, 15) is 0 Å². The molecule has 0 heterocycles. The molecule has 2 heteroatoms. The van der Waals surface area contributed by atoms with E-state index in [0.717, 1.165) is 0 Å². The van der Waals surface area contributed by atoms with Gasteiger partial charge in [-0.1, -0.05) is 6.92 Å². The summed E-state index contributed by atoms with van der Waals surface area (Å²) in [6.07, 6.45) is 2.06. The lowest BCUT2D eigenvalue weighted by molar-refractivity contribution is 1.54. The highest BCUT2D eigenvalue weighted by Crippen LogP contribution is 2.03. The standard InChI is InChI=1S/C5H10S2/c1-3-7-5-4-6-2/h4-5H,3H2,1-2H3/b5-4-. The van der Waals surface area contributed by atoms with Gasteiger partial charge in [-0.3, -0.25) is 0 Å². The van der Waals surface area contributed by atoms with E-state index in [2.05, 4.69) is 24.0 Å². The molecule has 0 bridgehead atoms. The molecule has 0 aliphatic carbocycles. The molecule has 0 saturated heterocycles. The zero-order valence-corrected chi connectivity index (χ0v) is 6.31. The third-order valence-corrected chi connectivity index (χ3v) is 1.70. The fourth-order valence-corrected chi connectivity index (χ4v) is 1.14. The van der Waals surface area contributed by atoms with Gasteiger partial charge in [-0.25, -0.2) is 0 Å². The van der Waals surface area contributed by atoms with Crippen LogP contribution in [0.4, 0.5) is 0 Å². The molecule has 42 valence electrons. The lowest BCUT2D eigenvalue weighted by Gasteiger charge is -1.79. The Morgan fingerprint density at radius 3 is 2.57 bits per heavy atom. The summed E-state index contributed by atoms with van der Waals surface area (Å²) in [5.41, 5.74) is 0. The van der Waals surface area contributed by atoms with Gasteiger partial charge in [-0.05, 0) is 22.8 Å². The topological polar surface area (TPSA) is 0 Å². The summed E-state index contributed by atoms with van der Waals surface area (Å²) in [7, 11) is 0. The van der Waals surface area contributed by atoms with Crippen molar-refractivity contribution in [3.63, 3.8) is 0 Å². The van der Waals surface area contributed by atoms with Gasteiger partial charge in [0.2, 0.25) is 0 Å². The second kappa shape index (κ2) is 6.44. The molecule has 0 fully saturated rings. The zero-order valence-electron chi connectivity index (χ0n) is 4.68. The van der Waals surface area contributed by atoms with E-state index < -0.39 is 0 Å². The van der Waals surface area contributed by atoms with Gasteiger partial charge >= 0.3 is 0 Å². The van der Waals surface area contributed by atoms with E-state index in [1.165, 1.54) is 5.75 Å². The highest BCUT2D eigenvalue weighted by atomic mass is 32.2. The van der Waals surface area contributed by atoms with Crippen molar-refractivity contribution in [3.05, 3.63) is 10.8 Å². The fraction of sp³-hybridized carbons (Fsp3) is 0.600. The largest absolute Gasteiger partial charge is 0.137 e. The van der Waals surface area contributed by atoms with Crippen LogP contribution in [0.25, 0.3) is 0 Å². The van der Waals surface area contributed by atoms with Crippen LogP contribution in [0.3, 0.4) is 0 Å². The molecule has 0 aliphatic heterocycles. The summed E-state index contributed by atoms with van der Waals surface area (Å²) in [5.74, 6) is 1.18. The van der Waals surface area contributed by atoms with Crippen LogP contribution in [0.1, 0.15) is 6.92 Å². The van der Waals surface area contributed by atoms with Crippen molar-refractivity contribution >= 4 is 23.5 Å². The summed E-state index contributed by atoms with van der Waals surface area (Å²) < 4.78 is 0. The monoisotopic (exact) mass is 134 g/mol. The predicted octanol–water partition coefficient (Wildman–Crippen LogP) is 2.57. The van der Waals surface area contributed by atoms with Crippen molar-refractivity contribution in [2.45, 2.75) is 6.92 Å². The van der Waals surface area contributed by atoms with Gasteiger partial charge in [0.1, 0.15) is 0 Å². The first-order chi connectivity index (χ1) is 3.41. The Kier molecular flexibility index (Phi) is 6.84. The maximum Gasteiger partial charge on any atom is -0.00543 e. The Morgan fingerprint density at radius 2 is 2.14 bits per heavy atom. The normalized spacial score (nSPS) is 10.6. The van der Waals surface area contributed by atoms with Crippen molar-refractivity contribution in [2.75, 3.05) is 12.0 Å². The van der Waals surface area contributed by atoms with Crippen LogP contribution in [0.5, 0.6) is 0 Å². The molecular weight excluding hydrogens is 124 g/mol. The first kappa shape index (κ1) is 7.44. The minimum absolute atomic E-state index is 1.18. The van der Waals surface area contributed by atoms with E-state index in [-0.39, 0.29) is 0 Å². The maximum absolute atomic E-state index is 2.15. The third kappa shape index (κ3) is 6.44. The molecule has 0 nitrogen and oxygen atoms in total. The minimum Gasteiger partial charge on any atom is -0.137 e. The van der Waals surface area contributed by atoms with Crippen LogP contribution in [-0.4, -0.2) is 12.0 Å². The molecule has 0 amide bonds. The Labute approximate surface area is 53.8 Å². The van der Waals surface area contributed by atoms with E-state index in [1.807, 2.05) is 11.8 Å². The average molecular weight is 134 g/mol.